The lowest BCUT2D eigenvalue weighted by molar-refractivity contribution is 0.586. The fraction of sp³-hybridized carbons (Fsp3) is 0.158. The molecule has 0 N–H and O–H groups in total. The van der Waals surface area contributed by atoms with E-state index in [0.29, 0.717) is 0 Å². The maximum atomic E-state index is 2.53. The van der Waals surface area contributed by atoms with E-state index in [1.807, 2.05) is 0 Å². The van der Waals surface area contributed by atoms with E-state index in [1.54, 1.807) is 0 Å². The van der Waals surface area contributed by atoms with Crippen LogP contribution >= 0.6 is 0 Å². The predicted molar refractivity (Wildman–Crippen MR) is 246 cm³/mol. The zero-order chi connectivity index (χ0) is 39.8. The topological polar surface area (TPSA) is 3.24 Å². The van der Waals surface area contributed by atoms with Gasteiger partial charge in [0.1, 0.15) is 0 Å². The molecule has 0 aromatic heterocycles. The van der Waals surface area contributed by atoms with Crippen LogP contribution in [0.25, 0.3) is 44.5 Å². The molecule has 0 unspecified atom stereocenters. The Kier molecular flexibility index (Phi) is 8.25. The van der Waals surface area contributed by atoms with Crippen LogP contribution in [-0.4, -0.2) is 0 Å². The molecule has 8 aromatic rings. The number of benzene rings is 8. The zero-order valence-electron chi connectivity index (χ0n) is 34.3. The first kappa shape index (κ1) is 35.9. The Balaban J connectivity index is 1.19. The predicted octanol–water partition coefficient (Wildman–Crippen LogP) is 15.4. The summed E-state index contributed by atoms with van der Waals surface area (Å²) in [6.45, 7) is 14.0. The molecular weight excluding hydrogens is 699 g/mol. The molecule has 0 fully saturated rings. The van der Waals surface area contributed by atoms with Gasteiger partial charge < -0.3 is 4.90 Å². The third-order valence-corrected chi connectivity index (χ3v) is 12.6. The van der Waals surface area contributed by atoms with Crippen LogP contribution in [0.2, 0.25) is 0 Å². The van der Waals surface area contributed by atoms with Gasteiger partial charge in [-0.25, -0.2) is 0 Å². The smallest absolute Gasteiger partial charge is 0.0725 e. The van der Waals surface area contributed by atoms with Crippen LogP contribution in [0.15, 0.2) is 188 Å². The van der Waals surface area contributed by atoms with Crippen molar-refractivity contribution in [3.05, 3.63) is 221 Å². The summed E-state index contributed by atoms with van der Waals surface area (Å²) in [5.74, 6) is 0. The van der Waals surface area contributed by atoms with E-state index in [1.165, 1.54) is 77.9 Å². The number of fused-ring (bicyclic) bond motifs is 10. The summed E-state index contributed by atoms with van der Waals surface area (Å²) in [6, 6.07) is 70.4. The van der Waals surface area contributed by atoms with Crippen molar-refractivity contribution in [1.29, 1.82) is 0 Å². The van der Waals surface area contributed by atoms with Crippen LogP contribution in [0.5, 0.6) is 0 Å². The molecule has 0 aliphatic heterocycles. The SMILES string of the molecule is CC(C)(C)c1ccc2c(c1)C1(c3ccccc3-c3cc(N(c4ccc(-c5ccccc5)cc4)c4ccc(-c5ccccc5)cc4)ccc31)c1cc(C(C)(C)C)ccc1-2. The quantitative estimate of drug-likeness (QED) is 0.169. The molecule has 1 heteroatoms. The van der Waals surface area contributed by atoms with Crippen molar-refractivity contribution in [2.24, 2.45) is 0 Å². The minimum atomic E-state index is -0.433. The standard InChI is InChI=1S/C57H49N/c1-55(2,3)42-25-32-48-49-33-26-43(56(4,5)6)36-54(49)57(53(48)35-42)51-20-14-13-19-47(51)50-37-46(31-34-52(50)57)58(44-27-21-40(22-28-44)38-15-9-7-10-16-38)45-29-23-41(24-30-45)39-17-11-8-12-18-39/h7-37H,1-6H3. The molecule has 282 valence electrons. The number of anilines is 3. The van der Waals surface area contributed by atoms with E-state index in [9.17, 15) is 0 Å². The Morgan fingerprint density at radius 1 is 0.310 bits per heavy atom. The molecule has 2 aliphatic rings. The van der Waals surface area contributed by atoms with E-state index >= 15 is 0 Å². The fourth-order valence-electron chi connectivity index (χ4n) is 9.56. The van der Waals surface area contributed by atoms with Gasteiger partial charge in [0, 0.05) is 17.1 Å². The van der Waals surface area contributed by atoms with Crippen molar-refractivity contribution in [2.75, 3.05) is 4.90 Å². The summed E-state index contributed by atoms with van der Waals surface area (Å²) in [5, 5.41) is 0. The third-order valence-electron chi connectivity index (χ3n) is 12.6. The van der Waals surface area contributed by atoms with Crippen molar-refractivity contribution >= 4 is 17.1 Å². The normalized spacial score (nSPS) is 13.5. The molecule has 0 saturated carbocycles. The van der Waals surface area contributed by atoms with Gasteiger partial charge in [-0.05, 0) is 125 Å². The van der Waals surface area contributed by atoms with E-state index in [4.69, 9.17) is 0 Å². The summed E-state index contributed by atoms with van der Waals surface area (Å²) in [7, 11) is 0. The molecule has 2 aliphatic carbocycles. The highest BCUT2D eigenvalue weighted by Crippen LogP contribution is 2.64. The Bertz CT molecular complexity index is 2670. The molecule has 0 amide bonds. The summed E-state index contributed by atoms with van der Waals surface area (Å²) < 4.78 is 0. The van der Waals surface area contributed by atoms with Gasteiger partial charge >= 0.3 is 0 Å². The van der Waals surface area contributed by atoms with Crippen molar-refractivity contribution in [3.8, 4) is 44.5 Å². The Labute approximate surface area is 344 Å². The second-order valence-corrected chi connectivity index (χ2v) is 18.2. The lowest BCUT2D eigenvalue weighted by Gasteiger charge is -2.33. The minimum Gasteiger partial charge on any atom is -0.310 e. The number of nitrogens with zero attached hydrogens (tertiary/aromatic N) is 1. The first-order valence-corrected chi connectivity index (χ1v) is 20.7. The van der Waals surface area contributed by atoms with Gasteiger partial charge in [0.05, 0.1) is 5.41 Å². The average Bonchev–Trinajstić information content (AvgIpc) is 3.70. The minimum absolute atomic E-state index is 0.0129. The Morgan fingerprint density at radius 3 is 1.19 bits per heavy atom. The highest BCUT2D eigenvalue weighted by Gasteiger charge is 2.52. The highest BCUT2D eigenvalue weighted by atomic mass is 15.1. The van der Waals surface area contributed by atoms with Gasteiger partial charge in [0.25, 0.3) is 0 Å². The van der Waals surface area contributed by atoms with Gasteiger partial charge in [-0.2, -0.15) is 0 Å². The molecule has 1 spiro atoms. The van der Waals surface area contributed by atoms with Crippen molar-refractivity contribution in [1.82, 2.24) is 0 Å². The zero-order valence-corrected chi connectivity index (χ0v) is 34.3. The lowest BCUT2D eigenvalue weighted by Crippen LogP contribution is -2.27. The van der Waals surface area contributed by atoms with Gasteiger partial charge in [0.15, 0.2) is 0 Å². The monoisotopic (exact) mass is 747 g/mol. The summed E-state index contributed by atoms with van der Waals surface area (Å²) >= 11 is 0. The van der Waals surface area contributed by atoms with Crippen molar-refractivity contribution in [2.45, 2.75) is 57.8 Å². The van der Waals surface area contributed by atoms with E-state index in [-0.39, 0.29) is 10.8 Å². The molecule has 1 nitrogen and oxygen atoms in total. The maximum Gasteiger partial charge on any atom is 0.0725 e. The maximum absolute atomic E-state index is 2.53. The molecule has 0 saturated heterocycles. The number of rotatable bonds is 5. The van der Waals surface area contributed by atoms with Gasteiger partial charge in [-0.1, -0.05) is 193 Å². The Hall–Kier alpha value is -6.44. The molecular formula is C57H49N. The molecule has 0 atom stereocenters. The van der Waals surface area contributed by atoms with Crippen LogP contribution in [0.1, 0.15) is 74.9 Å². The molecule has 8 aromatic carbocycles. The molecule has 10 rings (SSSR count). The van der Waals surface area contributed by atoms with Gasteiger partial charge in [-0.3, -0.25) is 0 Å². The first-order valence-electron chi connectivity index (χ1n) is 20.7. The molecule has 0 radical (unpaired) electrons. The molecule has 0 heterocycles. The number of hydrogen-bond donors (Lipinski definition) is 0. The van der Waals surface area contributed by atoms with Gasteiger partial charge in [0.2, 0.25) is 0 Å². The number of hydrogen-bond acceptors (Lipinski definition) is 1. The second kappa shape index (κ2) is 13.3. The van der Waals surface area contributed by atoms with E-state index in [2.05, 4.69) is 234 Å². The van der Waals surface area contributed by atoms with Crippen LogP contribution in [0.3, 0.4) is 0 Å². The summed E-state index contributed by atoms with van der Waals surface area (Å²) in [6.07, 6.45) is 0. The van der Waals surface area contributed by atoms with Crippen molar-refractivity contribution in [3.63, 3.8) is 0 Å². The van der Waals surface area contributed by atoms with Crippen LogP contribution in [0.4, 0.5) is 17.1 Å². The Morgan fingerprint density at radius 2 is 0.707 bits per heavy atom. The fourth-order valence-corrected chi connectivity index (χ4v) is 9.56. The average molecular weight is 748 g/mol. The van der Waals surface area contributed by atoms with Crippen LogP contribution in [-0.2, 0) is 16.2 Å². The first-order chi connectivity index (χ1) is 28.0. The lowest BCUT2D eigenvalue weighted by atomic mass is 9.69. The van der Waals surface area contributed by atoms with Gasteiger partial charge in [-0.15, -0.1) is 0 Å². The van der Waals surface area contributed by atoms with Crippen molar-refractivity contribution < 1.29 is 0 Å². The summed E-state index contributed by atoms with van der Waals surface area (Å²) in [4.78, 5) is 2.42. The van der Waals surface area contributed by atoms with Crippen LogP contribution < -0.4 is 4.90 Å². The highest BCUT2D eigenvalue weighted by molar-refractivity contribution is 5.97. The summed E-state index contributed by atoms with van der Waals surface area (Å²) in [5.41, 5.74) is 21.3. The largest absolute Gasteiger partial charge is 0.310 e. The van der Waals surface area contributed by atoms with Crippen LogP contribution in [0, 0.1) is 0 Å². The second-order valence-electron chi connectivity index (χ2n) is 18.2. The van der Waals surface area contributed by atoms with E-state index < -0.39 is 5.41 Å². The molecule has 0 bridgehead atoms. The van der Waals surface area contributed by atoms with E-state index in [0.717, 1.165) is 17.1 Å². The third kappa shape index (κ3) is 5.67. The molecule has 58 heavy (non-hydrogen) atoms.